The highest BCUT2D eigenvalue weighted by Gasteiger charge is 2.34. The van der Waals surface area contributed by atoms with Crippen molar-refractivity contribution in [2.24, 2.45) is 0 Å². The second kappa shape index (κ2) is 4.71. The molecule has 0 saturated heterocycles. The maximum atomic E-state index is 11.6. The Kier molecular flexibility index (Phi) is 3.30. The minimum atomic E-state index is -3.88. The van der Waals surface area contributed by atoms with Crippen molar-refractivity contribution in [1.82, 2.24) is 14.8 Å². The van der Waals surface area contributed by atoms with Gasteiger partial charge in [-0.25, -0.2) is 8.42 Å². The SMILES string of the molecule is O=S(=O)(Cl)c1nnc(-c2ccccc2I)n1C1CC1. The van der Waals surface area contributed by atoms with E-state index in [9.17, 15) is 8.42 Å². The van der Waals surface area contributed by atoms with Gasteiger partial charge in [0.1, 0.15) is 0 Å². The number of rotatable bonds is 3. The van der Waals surface area contributed by atoms with E-state index in [1.165, 1.54) is 0 Å². The van der Waals surface area contributed by atoms with Crippen LogP contribution in [0.5, 0.6) is 0 Å². The van der Waals surface area contributed by atoms with Crippen molar-refractivity contribution in [1.29, 1.82) is 0 Å². The summed E-state index contributed by atoms with van der Waals surface area (Å²) in [5, 5.41) is 7.61. The smallest absolute Gasteiger partial charge is 0.294 e. The van der Waals surface area contributed by atoms with Gasteiger partial charge in [-0.3, -0.25) is 4.57 Å². The molecule has 0 aliphatic heterocycles. The summed E-state index contributed by atoms with van der Waals surface area (Å²) in [6.45, 7) is 0. The third-order valence-electron chi connectivity index (χ3n) is 2.91. The second-order valence-electron chi connectivity index (χ2n) is 4.33. The van der Waals surface area contributed by atoms with Crippen molar-refractivity contribution in [2.45, 2.75) is 24.0 Å². The van der Waals surface area contributed by atoms with E-state index in [4.69, 9.17) is 10.7 Å². The topological polar surface area (TPSA) is 64.8 Å². The van der Waals surface area contributed by atoms with Crippen LogP contribution >= 0.6 is 33.3 Å². The minimum Gasteiger partial charge on any atom is -0.294 e. The van der Waals surface area contributed by atoms with E-state index in [1.54, 1.807) is 4.57 Å². The molecule has 0 N–H and O–H groups in total. The highest BCUT2D eigenvalue weighted by molar-refractivity contribution is 14.1. The Morgan fingerprint density at radius 2 is 1.95 bits per heavy atom. The van der Waals surface area contributed by atoms with Crippen LogP contribution in [-0.2, 0) is 9.05 Å². The largest absolute Gasteiger partial charge is 0.296 e. The molecular weight excluding hydrogens is 401 g/mol. The molecule has 3 rings (SSSR count). The molecule has 1 aromatic heterocycles. The number of benzene rings is 1. The molecule has 2 aromatic rings. The summed E-state index contributed by atoms with van der Waals surface area (Å²) < 4.78 is 25.7. The molecule has 1 fully saturated rings. The lowest BCUT2D eigenvalue weighted by Gasteiger charge is -2.08. The molecule has 0 amide bonds. The van der Waals surface area contributed by atoms with Crippen LogP contribution < -0.4 is 0 Å². The van der Waals surface area contributed by atoms with Crippen LogP contribution in [0.1, 0.15) is 18.9 Å². The predicted molar refractivity (Wildman–Crippen MR) is 79.5 cm³/mol. The maximum Gasteiger partial charge on any atom is 0.296 e. The molecule has 1 aliphatic rings. The van der Waals surface area contributed by atoms with Crippen molar-refractivity contribution in [3.8, 4) is 11.4 Å². The molecule has 1 heterocycles. The maximum absolute atomic E-state index is 11.6. The third-order valence-corrected chi connectivity index (χ3v) is 4.98. The quantitative estimate of drug-likeness (QED) is 0.578. The van der Waals surface area contributed by atoms with Gasteiger partial charge >= 0.3 is 0 Å². The number of nitrogens with zero attached hydrogens (tertiary/aromatic N) is 3. The van der Waals surface area contributed by atoms with E-state index < -0.39 is 9.05 Å². The van der Waals surface area contributed by atoms with Gasteiger partial charge in [0, 0.05) is 25.9 Å². The van der Waals surface area contributed by atoms with Crippen LogP contribution in [0.3, 0.4) is 0 Å². The molecule has 0 unspecified atom stereocenters. The summed E-state index contributed by atoms with van der Waals surface area (Å²) in [4.78, 5) is 0. The summed E-state index contributed by atoms with van der Waals surface area (Å²) in [6, 6.07) is 7.77. The van der Waals surface area contributed by atoms with Crippen LogP contribution in [0.4, 0.5) is 0 Å². The number of halogens is 2. The van der Waals surface area contributed by atoms with E-state index in [2.05, 4.69) is 32.8 Å². The first-order chi connectivity index (χ1) is 8.98. The Bertz CT molecular complexity index is 740. The van der Waals surface area contributed by atoms with Crippen LogP contribution in [0.15, 0.2) is 29.4 Å². The van der Waals surface area contributed by atoms with E-state index in [1.807, 2.05) is 24.3 Å². The fourth-order valence-electron chi connectivity index (χ4n) is 1.93. The molecule has 0 spiro atoms. The van der Waals surface area contributed by atoms with E-state index in [0.29, 0.717) is 5.82 Å². The molecule has 1 aromatic carbocycles. The highest BCUT2D eigenvalue weighted by atomic mass is 127. The first kappa shape index (κ1) is 13.3. The summed E-state index contributed by atoms with van der Waals surface area (Å²) >= 11 is 2.19. The van der Waals surface area contributed by atoms with Crippen LogP contribution in [0.2, 0.25) is 0 Å². The number of aromatic nitrogens is 3. The lowest BCUT2D eigenvalue weighted by molar-refractivity contribution is 0.579. The molecule has 0 atom stereocenters. The molecule has 0 radical (unpaired) electrons. The van der Waals surface area contributed by atoms with Gasteiger partial charge in [-0.2, -0.15) is 0 Å². The first-order valence-corrected chi connectivity index (χ1v) is 9.02. The number of hydrogen-bond acceptors (Lipinski definition) is 4. The van der Waals surface area contributed by atoms with Gasteiger partial charge in [-0.1, -0.05) is 18.2 Å². The fourth-order valence-corrected chi connectivity index (χ4v) is 3.48. The lowest BCUT2D eigenvalue weighted by atomic mass is 10.2. The molecule has 0 bridgehead atoms. The van der Waals surface area contributed by atoms with Gasteiger partial charge in [0.15, 0.2) is 5.82 Å². The zero-order valence-corrected chi connectivity index (χ0v) is 13.4. The van der Waals surface area contributed by atoms with Crippen molar-refractivity contribution >= 4 is 42.3 Å². The van der Waals surface area contributed by atoms with E-state index in [-0.39, 0.29) is 11.2 Å². The Hall–Kier alpha value is -0.670. The van der Waals surface area contributed by atoms with Crippen molar-refractivity contribution < 1.29 is 8.42 Å². The molecule has 1 saturated carbocycles. The van der Waals surface area contributed by atoms with Crippen LogP contribution in [-0.4, -0.2) is 23.2 Å². The first-order valence-electron chi connectivity index (χ1n) is 5.63. The van der Waals surface area contributed by atoms with Crippen LogP contribution in [0.25, 0.3) is 11.4 Å². The monoisotopic (exact) mass is 409 g/mol. The predicted octanol–water partition coefficient (Wildman–Crippen LogP) is 2.81. The highest BCUT2D eigenvalue weighted by Crippen LogP contribution is 2.41. The number of hydrogen-bond donors (Lipinski definition) is 0. The summed E-state index contributed by atoms with van der Waals surface area (Å²) in [5.74, 6) is 0.562. The van der Waals surface area contributed by atoms with Gasteiger partial charge < -0.3 is 0 Å². The van der Waals surface area contributed by atoms with Gasteiger partial charge in [0.05, 0.1) is 0 Å². The normalized spacial score (nSPS) is 15.7. The lowest BCUT2D eigenvalue weighted by Crippen LogP contribution is -2.06. The van der Waals surface area contributed by atoms with Crippen molar-refractivity contribution in [3.63, 3.8) is 0 Å². The Morgan fingerprint density at radius 1 is 1.26 bits per heavy atom. The Morgan fingerprint density at radius 3 is 2.53 bits per heavy atom. The Labute approximate surface area is 128 Å². The van der Waals surface area contributed by atoms with Gasteiger partial charge in [0.2, 0.25) is 0 Å². The molecular formula is C11H9ClIN3O2S. The molecule has 100 valence electrons. The van der Waals surface area contributed by atoms with Crippen LogP contribution in [0, 0.1) is 3.57 Å². The molecule has 8 heteroatoms. The summed E-state index contributed by atoms with van der Waals surface area (Å²) in [5.41, 5.74) is 0.870. The van der Waals surface area contributed by atoms with Crippen molar-refractivity contribution in [3.05, 3.63) is 27.8 Å². The van der Waals surface area contributed by atoms with E-state index in [0.717, 1.165) is 22.0 Å². The third kappa shape index (κ3) is 2.50. The summed E-state index contributed by atoms with van der Waals surface area (Å²) in [7, 11) is 1.54. The zero-order valence-electron chi connectivity index (χ0n) is 9.62. The average molecular weight is 410 g/mol. The van der Waals surface area contributed by atoms with Gasteiger partial charge in [-0.15, -0.1) is 10.2 Å². The second-order valence-corrected chi connectivity index (χ2v) is 7.95. The zero-order chi connectivity index (χ0) is 13.6. The fraction of sp³-hybridized carbons (Fsp3) is 0.273. The Balaban J connectivity index is 2.24. The van der Waals surface area contributed by atoms with Gasteiger partial charge in [-0.05, 0) is 41.5 Å². The molecule has 5 nitrogen and oxygen atoms in total. The minimum absolute atomic E-state index is 0.129. The summed E-state index contributed by atoms with van der Waals surface area (Å²) in [6.07, 6.45) is 1.85. The van der Waals surface area contributed by atoms with E-state index >= 15 is 0 Å². The average Bonchev–Trinajstić information content (AvgIpc) is 3.07. The molecule has 19 heavy (non-hydrogen) atoms. The standard InChI is InChI=1S/C11H9ClIN3O2S/c12-19(17,18)11-15-14-10(16(11)7-5-6-7)8-3-1-2-4-9(8)13/h1-4,7H,5-6H2. The van der Waals surface area contributed by atoms with Crippen molar-refractivity contribution in [2.75, 3.05) is 0 Å². The molecule has 1 aliphatic carbocycles. The van der Waals surface area contributed by atoms with Gasteiger partial charge in [0.25, 0.3) is 14.2 Å².